The van der Waals surface area contributed by atoms with E-state index in [1.807, 2.05) is 24.3 Å². The number of hydrogen-bond acceptors (Lipinski definition) is 5. The Morgan fingerprint density at radius 3 is 2.61 bits per heavy atom. The number of carbonyl (C=O) groups is 1. The van der Waals surface area contributed by atoms with Crippen LogP contribution < -0.4 is 21.0 Å². The molecule has 31 heavy (non-hydrogen) atoms. The van der Waals surface area contributed by atoms with Crippen LogP contribution in [-0.4, -0.2) is 30.3 Å². The van der Waals surface area contributed by atoms with E-state index in [2.05, 4.69) is 10.6 Å². The second kappa shape index (κ2) is 8.69. The molecule has 6 nitrogen and oxygen atoms in total. The van der Waals surface area contributed by atoms with Gasteiger partial charge in [0.15, 0.2) is 0 Å². The zero-order valence-electron chi connectivity index (χ0n) is 16.7. The molecule has 0 spiro atoms. The molecule has 1 aliphatic heterocycles. The molecule has 0 bridgehead atoms. The molecule has 3 aromatic carbocycles. The number of rotatable bonds is 5. The molecule has 1 saturated heterocycles. The maximum absolute atomic E-state index is 14.8. The van der Waals surface area contributed by atoms with Gasteiger partial charge in [-0.1, -0.05) is 42.5 Å². The van der Waals surface area contributed by atoms with Crippen LogP contribution in [0.3, 0.4) is 0 Å². The lowest BCUT2D eigenvalue weighted by Crippen LogP contribution is -2.32. The van der Waals surface area contributed by atoms with E-state index in [0.717, 1.165) is 10.8 Å². The first-order valence-electron chi connectivity index (χ1n) is 9.73. The largest absolute Gasteiger partial charge is 0.442 e. The van der Waals surface area contributed by atoms with Gasteiger partial charge in [0.25, 0.3) is 0 Å². The van der Waals surface area contributed by atoms with Crippen LogP contribution in [0.4, 0.5) is 26.2 Å². The normalized spacial score (nSPS) is 15.6. The number of nitrogens with one attached hydrogen (secondary N) is 2. The Bertz CT molecular complexity index is 1230. The van der Waals surface area contributed by atoms with Crippen molar-refractivity contribution in [3.05, 3.63) is 76.7 Å². The van der Waals surface area contributed by atoms with Crippen molar-refractivity contribution in [2.45, 2.75) is 13.0 Å². The third kappa shape index (κ3) is 4.64. The summed E-state index contributed by atoms with van der Waals surface area (Å²) in [6, 6.07) is 16.8. The SMILES string of the molecule is CC(=S)NC[C@H]1CN(c2ccc(Nc3cc4ccccc4ccc3=O)c(F)c2)C(=O)O1. The molecule has 1 atom stereocenters. The zero-order chi connectivity index (χ0) is 22.0. The Morgan fingerprint density at radius 1 is 1.10 bits per heavy atom. The number of amides is 1. The Morgan fingerprint density at radius 2 is 1.87 bits per heavy atom. The van der Waals surface area contributed by atoms with Gasteiger partial charge in [-0.3, -0.25) is 9.69 Å². The van der Waals surface area contributed by atoms with Gasteiger partial charge in [0.05, 0.1) is 35.1 Å². The summed E-state index contributed by atoms with van der Waals surface area (Å²) < 4.78 is 20.1. The Kier molecular flexibility index (Phi) is 5.81. The number of thiocarbonyl (C=S) groups is 1. The van der Waals surface area contributed by atoms with E-state index in [-0.39, 0.29) is 29.5 Å². The number of anilines is 3. The minimum absolute atomic E-state index is 0.137. The molecule has 0 aromatic heterocycles. The molecular formula is C23H20FN3O3S. The van der Waals surface area contributed by atoms with Crippen molar-refractivity contribution >= 4 is 51.1 Å². The van der Waals surface area contributed by atoms with Gasteiger partial charge in [-0.05, 0) is 48.0 Å². The summed E-state index contributed by atoms with van der Waals surface area (Å²) in [6.45, 7) is 2.42. The van der Waals surface area contributed by atoms with Gasteiger partial charge in [0.2, 0.25) is 5.43 Å². The summed E-state index contributed by atoms with van der Waals surface area (Å²) in [5.74, 6) is -0.586. The molecule has 3 aromatic rings. The average molecular weight is 437 g/mol. The summed E-state index contributed by atoms with van der Waals surface area (Å²) in [5.41, 5.74) is 0.515. The predicted octanol–water partition coefficient (Wildman–Crippen LogP) is 4.34. The Hall–Kier alpha value is -3.52. The van der Waals surface area contributed by atoms with Gasteiger partial charge in [-0.25, -0.2) is 9.18 Å². The summed E-state index contributed by atoms with van der Waals surface area (Å²) >= 11 is 4.97. The molecule has 158 valence electrons. The average Bonchev–Trinajstić information content (AvgIpc) is 3.04. The third-order valence-corrected chi connectivity index (χ3v) is 5.11. The lowest BCUT2D eigenvalue weighted by atomic mass is 10.2. The first-order valence-corrected chi connectivity index (χ1v) is 10.1. The van der Waals surface area contributed by atoms with Crippen LogP contribution in [0, 0.1) is 5.82 Å². The van der Waals surface area contributed by atoms with Crippen molar-refractivity contribution in [2.24, 2.45) is 0 Å². The Labute approximate surface area is 183 Å². The highest BCUT2D eigenvalue weighted by Crippen LogP contribution is 2.27. The molecule has 1 aliphatic rings. The molecule has 0 aliphatic carbocycles. The molecule has 0 unspecified atom stereocenters. The summed E-state index contributed by atoms with van der Waals surface area (Å²) in [4.78, 5) is 26.6. The number of ether oxygens (including phenoxy) is 1. The number of nitrogens with zero attached hydrogens (tertiary/aromatic N) is 1. The highest BCUT2D eigenvalue weighted by molar-refractivity contribution is 7.80. The lowest BCUT2D eigenvalue weighted by Gasteiger charge is -2.15. The van der Waals surface area contributed by atoms with Gasteiger partial charge in [0, 0.05) is 0 Å². The van der Waals surface area contributed by atoms with Crippen LogP contribution in [-0.2, 0) is 4.74 Å². The molecule has 2 N–H and O–H groups in total. The number of fused-ring (bicyclic) bond motifs is 1. The van der Waals surface area contributed by atoms with Crippen LogP contribution >= 0.6 is 12.2 Å². The fraction of sp³-hybridized carbons (Fsp3) is 0.174. The molecule has 0 radical (unpaired) electrons. The fourth-order valence-corrected chi connectivity index (χ4v) is 3.47. The van der Waals surface area contributed by atoms with Gasteiger partial charge >= 0.3 is 6.09 Å². The van der Waals surface area contributed by atoms with E-state index < -0.39 is 11.9 Å². The molecule has 1 heterocycles. The summed E-state index contributed by atoms with van der Waals surface area (Å²) in [6.07, 6.45) is -0.927. The van der Waals surface area contributed by atoms with E-state index in [1.54, 1.807) is 25.1 Å². The highest BCUT2D eigenvalue weighted by Gasteiger charge is 2.32. The second-order valence-corrected chi connectivity index (χ2v) is 7.84. The van der Waals surface area contributed by atoms with Gasteiger partial charge in [0.1, 0.15) is 11.9 Å². The second-order valence-electron chi connectivity index (χ2n) is 7.23. The number of carbonyl (C=O) groups excluding carboxylic acids is 1. The number of cyclic esters (lactones) is 1. The van der Waals surface area contributed by atoms with E-state index >= 15 is 0 Å². The monoisotopic (exact) mass is 437 g/mol. The van der Waals surface area contributed by atoms with E-state index in [9.17, 15) is 14.0 Å². The smallest absolute Gasteiger partial charge is 0.414 e. The zero-order valence-corrected chi connectivity index (χ0v) is 17.5. The van der Waals surface area contributed by atoms with E-state index in [0.29, 0.717) is 17.2 Å². The lowest BCUT2D eigenvalue weighted by molar-refractivity contribution is 0.143. The summed E-state index contributed by atoms with van der Waals surface area (Å²) in [5, 5.41) is 7.60. The minimum atomic E-state index is -0.586. The van der Waals surface area contributed by atoms with Crippen molar-refractivity contribution in [3.8, 4) is 0 Å². The maximum atomic E-state index is 14.8. The van der Waals surface area contributed by atoms with Crippen molar-refractivity contribution in [1.29, 1.82) is 0 Å². The highest BCUT2D eigenvalue weighted by atomic mass is 32.1. The standard InChI is InChI=1S/C23H20FN3O3S/c1-14(31)25-12-18-13-27(23(29)30-18)17-7-8-20(19(24)11-17)26-21-10-16-5-3-2-4-15(16)6-9-22(21)28/h2-11,18H,12-13H2,1H3,(H,25,31)(H,26,28)/t18-/m0/s1. The maximum Gasteiger partial charge on any atom is 0.414 e. The number of halogens is 1. The molecule has 1 fully saturated rings. The van der Waals surface area contributed by atoms with E-state index in [1.165, 1.54) is 23.1 Å². The first kappa shape index (κ1) is 20.7. The number of benzene rings is 2. The van der Waals surface area contributed by atoms with Gasteiger partial charge in [-0.15, -0.1) is 0 Å². The first-order chi connectivity index (χ1) is 14.9. The number of hydrogen-bond donors (Lipinski definition) is 2. The van der Waals surface area contributed by atoms with Crippen LogP contribution in [0.5, 0.6) is 0 Å². The quantitative estimate of drug-likeness (QED) is 0.579. The fourth-order valence-electron chi connectivity index (χ4n) is 3.39. The van der Waals surface area contributed by atoms with Crippen LogP contribution in [0.15, 0.2) is 65.5 Å². The topological polar surface area (TPSA) is 70.7 Å². The predicted molar refractivity (Wildman–Crippen MR) is 124 cm³/mol. The van der Waals surface area contributed by atoms with Crippen molar-refractivity contribution < 1.29 is 13.9 Å². The molecule has 0 saturated carbocycles. The van der Waals surface area contributed by atoms with Crippen LogP contribution in [0.1, 0.15) is 6.92 Å². The molecule has 8 heteroatoms. The third-order valence-electron chi connectivity index (χ3n) is 4.96. The minimum Gasteiger partial charge on any atom is -0.442 e. The molecular weight excluding hydrogens is 417 g/mol. The summed E-state index contributed by atoms with van der Waals surface area (Å²) in [7, 11) is 0. The van der Waals surface area contributed by atoms with Crippen molar-refractivity contribution in [3.63, 3.8) is 0 Å². The van der Waals surface area contributed by atoms with Crippen molar-refractivity contribution in [2.75, 3.05) is 23.3 Å². The van der Waals surface area contributed by atoms with Crippen LogP contribution in [0.2, 0.25) is 0 Å². The van der Waals surface area contributed by atoms with Gasteiger partial charge < -0.3 is 15.4 Å². The van der Waals surface area contributed by atoms with Crippen molar-refractivity contribution in [1.82, 2.24) is 5.32 Å². The van der Waals surface area contributed by atoms with E-state index in [4.69, 9.17) is 17.0 Å². The Balaban J connectivity index is 1.56. The molecule has 4 rings (SSSR count). The molecule has 1 amide bonds. The van der Waals surface area contributed by atoms with Crippen LogP contribution in [0.25, 0.3) is 10.8 Å². The van der Waals surface area contributed by atoms with Gasteiger partial charge in [-0.2, -0.15) is 0 Å².